The first kappa shape index (κ1) is 78.0. The van der Waals surface area contributed by atoms with Crippen molar-refractivity contribution >= 4 is 45.1 Å². The lowest BCUT2D eigenvalue weighted by molar-refractivity contribution is -0.138. The van der Waals surface area contributed by atoms with E-state index in [4.69, 9.17) is 28.4 Å². The molecule has 4 fully saturated rings. The van der Waals surface area contributed by atoms with Crippen molar-refractivity contribution in [3.8, 4) is 68.4 Å². The summed E-state index contributed by atoms with van der Waals surface area (Å²) >= 11 is 1.63. The van der Waals surface area contributed by atoms with Gasteiger partial charge in [0.25, 0.3) is 23.6 Å². The Labute approximate surface area is 702 Å². The molecule has 8 aromatic carbocycles. The first-order valence-electron chi connectivity index (χ1n) is 41.4. The Morgan fingerprint density at radius 3 is 1.51 bits per heavy atom. The number of aromatic nitrogens is 6. The van der Waals surface area contributed by atoms with Gasteiger partial charge in [0, 0.05) is 197 Å². The lowest BCUT2D eigenvalue weighted by atomic mass is 9.81. The molecule has 0 bridgehead atoms. The molecule has 14 heterocycles. The van der Waals surface area contributed by atoms with Crippen molar-refractivity contribution in [3.63, 3.8) is 0 Å². The smallest absolute Gasteiger partial charge is 0.419 e. The number of methoxy groups -OCH3 is 1. The van der Waals surface area contributed by atoms with Gasteiger partial charge in [0.15, 0.2) is 11.2 Å². The highest BCUT2D eigenvalue weighted by Crippen LogP contribution is 2.54. The molecule has 0 unspecified atom stereocenters. The van der Waals surface area contributed by atoms with Crippen molar-refractivity contribution in [1.29, 1.82) is 0 Å². The molecule has 0 atom stereocenters. The van der Waals surface area contributed by atoms with Gasteiger partial charge in [-0.25, -0.2) is 0 Å². The summed E-state index contributed by atoms with van der Waals surface area (Å²) in [5, 5.41) is 12.1. The maximum Gasteiger partial charge on any atom is 0.419 e. The molecule has 121 heavy (non-hydrogen) atoms. The predicted octanol–water partition coefficient (Wildman–Crippen LogP) is 18.3. The number of likely N-dealkylation sites (tertiary alicyclic amines) is 4. The fourth-order valence-electron chi connectivity index (χ4n) is 19.3. The summed E-state index contributed by atoms with van der Waals surface area (Å²) in [5.74, 6) is 3.93. The lowest BCUT2D eigenvalue weighted by Gasteiger charge is -2.45. The maximum atomic E-state index is 13.4. The molecule has 24 heteroatoms. The fraction of sp³-hybridized carbons (Fsp3) is 0.299. The van der Waals surface area contributed by atoms with Crippen LogP contribution in [0.1, 0.15) is 143 Å². The number of para-hydroxylation sites is 6. The van der Waals surface area contributed by atoms with E-state index in [2.05, 4.69) is 88.0 Å². The highest BCUT2D eigenvalue weighted by atomic mass is 32.1. The van der Waals surface area contributed by atoms with Crippen LogP contribution in [0.4, 0.5) is 13.2 Å². The van der Waals surface area contributed by atoms with Crippen LogP contribution in [-0.2, 0) is 49.1 Å². The average Bonchev–Trinajstić information content (AvgIpc) is 1.69. The zero-order valence-corrected chi connectivity index (χ0v) is 69.0. The Hall–Kier alpha value is -12.8. The predicted molar refractivity (Wildman–Crippen MR) is 455 cm³/mol. The van der Waals surface area contributed by atoms with Gasteiger partial charge >= 0.3 is 6.18 Å². The Balaban J connectivity index is 0.000000107. The minimum absolute atomic E-state index is 0.00629. The number of thiophene rings is 1. The highest BCUT2D eigenvalue weighted by Gasteiger charge is 2.51. The van der Waals surface area contributed by atoms with Crippen molar-refractivity contribution in [2.75, 3.05) is 66.1 Å². The number of piperidine rings is 4. The molecule has 0 aliphatic carbocycles. The van der Waals surface area contributed by atoms with Crippen LogP contribution in [-0.4, -0.2) is 138 Å². The third-order valence-electron chi connectivity index (χ3n) is 25.9. The van der Waals surface area contributed by atoms with Gasteiger partial charge in [0.05, 0.1) is 71.4 Å². The van der Waals surface area contributed by atoms with Crippen LogP contribution in [0.25, 0.3) is 44.0 Å². The number of carbonyl (C=O) groups is 4. The van der Waals surface area contributed by atoms with Gasteiger partial charge < -0.3 is 57.2 Å². The van der Waals surface area contributed by atoms with Gasteiger partial charge in [-0.2, -0.15) is 23.4 Å². The average molecular weight is 1650 g/mol. The molecule has 616 valence electrons. The van der Waals surface area contributed by atoms with Crippen LogP contribution in [0, 0.1) is 20.8 Å². The topological polar surface area (TPSA) is 182 Å². The number of amides is 4. The van der Waals surface area contributed by atoms with Crippen molar-refractivity contribution in [3.05, 3.63) is 297 Å². The molecule has 0 radical (unpaired) electrons. The monoisotopic (exact) mass is 1640 g/mol. The van der Waals surface area contributed by atoms with Gasteiger partial charge in [0.1, 0.15) is 45.7 Å². The molecule has 9 aliphatic heterocycles. The van der Waals surface area contributed by atoms with E-state index < -0.39 is 34.5 Å². The summed E-state index contributed by atoms with van der Waals surface area (Å²) in [5.41, 5.74) is 15.1. The summed E-state index contributed by atoms with van der Waals surface area (Å²) in [6.45, 7) is 11.6. The number of carbonyl (C=O) groups excluding carboxylic acids is 4. The molecular formula is C97H91F3N10O10S. The van der Waals surface area contributed by atoms with Gasteiger partial charge in [-0.1, -0.05) is 78.9 Å². The number of hydrogen-bond donors (Lipinski definition) is 0. The molecule has 0 N–H and O–H groups in total. The third kappa shape index (κ3) is 13.8. The van der Waals surface area contributed by atoms with Gasteiger partial charge in [-0.3, -0.25) is 28.5 Å². The Morgan fingerprint density at radius 1 is 0.463 bits per heavy atom. The van der Waals surface area contributed by atoms with Crippen LogP contribution in [0.3, 0.4) is 0 Å². The summed E-state index contributed by atoms with van der Waals surface area (Å²) in [6, 6.07) is 61.9. The second-order valence-corrected chi connectivity index (χ2v) is 33.7. The van der Waals surface area contributed by atoms with E-state index in [9.17, 15) is 32.3 Å². The molecule has 5 aromatic heterocycles. The van der Waals surface area contributed by atoms with E-state index in [1.807, 2.05) is 196 Å². The summed E-state index contributed by atoms with van der Waals surface area (Å²) < 4.78 is 86.3. The molecule has 4 spiro atoms. The van der Waals surface area contributed by atoms with Crippen LogP contribution >= 0.6 is 11.3 Å². The Bertz CT molecular complexity index is 6220. The minimum Gasteiger partial charge on any atom is -0.496 e. The molecule has 22 rings (SSSR count). The van der Waals surface area contributed by atoms with E-state index in [0.29, 0.717) is 71.8 Å². The number of fused-ring (bicyclic) bond motifs is 18. The normalized spacial score (nSPS) is 17.2. The second kappa shape index (κ2) is 30.8. The Kier molecular flexibility index (Phi) is 19.8. The molecule has 20 nitrogen and oxygen atoms in total. The second-order valence-electron chi connectivity index (χ2n) is 32.8. The first-order chi connectivity index (χ1) is 58.6. The summed E-state index contributed by atoms with van der Waals surface area (Å²) in [7, 11) is 5.14. The molecule has 13 aromatic rings. The number of alkyl halides is 3. The van der Waals surface area contributed by atoms with Gasteiger partial charge in [0.2, 0.25) is 0 Å². The van der Waals surface area contributed by atoms with Crippen molar-refractivity contribution < 1.29 is 60.8 Å². The van der Waals surface area contributed by atoms with Crippen molar-refractivity contribution in [2.45, 2.75) is 107 Å². The van der Waals surface area contributed by atoms with Crippen LogP contribution in [0.15, 0.2) is 224 Å². The van der Waals surface area contributed by atoms with Crippen LogP contribution in [0.2, 0.25) is 0 Å². The van der Waals surface area contributed by atoms with Gasteiger partial charge in [-0.15, -0.1) is 11.3 Å². The molecule has 0 saturated carbocycles. The zero-order chi connectivity index (χ0) is 83.3. The maximum absolute atomic E-state index is 13.4. The SMILES string of the molecule is COc1ccc(C(=O)N2CCC3(CC2)Oc2ccccc2-n2cc(C)cc23)cc1C(F)(F)F.Cc1ccc(C(=O)N2CCC3(CC2)Oc2ccccc2-n2cccc23)cc1C.Cn1ncc2c1-c1ccccc1OC21CCN(C(=O)c2cccc3c2CCO3)CC1.Cn1ncc2c1-c1ccccc1OC21CCN(C(=O)c2csc3ccccc23)CC1. The molecule has 4 amide bonds. The number of benzene rings is 8. The van der Waals surface area contributed by atoms with E-state index in [1.165, 1.54) is 30.5 Å². The van der Waals surface area contributed by atoms with E-state index >= 15 is 0 Å². The standard InChI is InChI=1S/C25H23F3N2O3.C24H23N3O3.C24H21N3O2S.C24H24N2O2/c1-16-13-22-24(33-21-6-4-3-5-19(21)30(22)15-16)9-11-29(12-10-24)23(31)17-7-8-20(32-2)18(14-17)25(26,27)28;1-26-22-18-5-2-3-7-21(18)30-24(19(22)15-25-26)10-12-27(13-11-24)23(28)17-6-4-8-20-16(17)9-14-29-20;1-26-22-17-7-2-4-8-20(17)29-24(19(22)14-25-26)10-12-27(13-11-24)23(28)18-15-30-21-9-5-3-6-16(18)21;1-17-9-10-19(16-18(17)2)23(27)25-14-11-24(12-15-25)22-8-5-13-26(22)20-6-3-4-7-21(20)28-24/h3-8,13-15H,9-12H2,1-2H3;2-8,15H,9-14H2,1H3;2-9,14-15H,10-13H2,1H3;3-10,13,16H,11-12,14-15H2,1-2H3. The molecule has 9 aliphatic rings. The first-order valence-corrected chi connectivity index (χ1v) is 42.3. The van der Waals surface area contributed by atoms with E-state index in [-0.39, 0.29) is 34.6 Å². The number of hydrogen-bond acceptors (Lipinski definition) is 13. The fourth-order valence-corrected chi connectivity index (χ4v) is 20.2. The number of halogens is 3. The number of rotatable bonds is 5. The quantitative estimate of drug-likeness (QED) is 0.159. The number of aryl methyl sites for hydroxylation is 5. The Morgan fingerprint density at radius 2 is 0.942 bits per heavy atom. The molecule has 4 saturated heterocycles. The van der Waals surface area contributed by atoms with Crippen LogP contribution in [0.5, 0.6) is 34.5 Å². The van der Waals surface area contributed by atoms with E-state index in [0.717, 1.165) is 174 Å². The number of nitrogens with zero attached hydrogens (tertiary/aromatic N) is 10. The summed E-state index contributed by atoms with van der Waals surface area (Å²) in [6.07, 6.45) is 9.92. The minimum atomic E-state index is -4.61. The van der Waals surface area contributed by atoms with E-state index in [1.54, 1.807) is 16.2 Å². The largest absolute Gasteiger partial charge is 0.496 e. The van der Waals surface area contributed by atoms with Crippen LogP contribution < -0.4 is 28.4 Å². The van der Waals surface area contributed by atoms with Crippen molar-refractivity contribution in [1.82, 2.24) is 48.3 Å². The highest BCUT2D eigenvalue weighted by molar-refractivity contribution is 7.17. The third-order valence-corrected chi connectivity index (χ3v) is 26.8. The lowest BCUT2D eigenvalue weighted by Crippen LogP contribution is -2.50. The zero-order valence-electron chi connectivity index (χ0n) is 68.2. The summed E-state index contributed by atoms with van der Waals surface area (Å²) in [4.78, 5) is 60.1. The van der Waals surface area contributed by atoms with Crippen molar-refractivity contribution in [2.24, 2.45) is 14.1 Å². The molecular weight excluding hydrogens is 1550 g/mol. The number of ether oxygens (including phenoxy) is 6. The van der Waals surface area contributed by atoms with Gasteiger partial charge in [-0.05, 0) is 153 Å².